The highest BCUT2D eigenvalue weighted by atomic mass is 32.2. The van der Waals surface area contributed by atoms with E-state index in [-0.39, 0.29) is 48.1 Å². The molecule has 9 nitrogen and oxygen atoms in total. The van der Waals surface area contributed by atoms with E-state index in [1.54, 1.807) is 16.8 Å². The molecule has 2 aromatic carbocycles. The van der Waals surface area contributed by atoms with Gasteiger partial charge in [-0.2, -0.15) is 5.10 Å². The van der Waals surface area contributed by atoms with Gasteiger partial charge in [0.1, 0.15) is 18.2 Å². The average molecular weight is 581 g/mol. The molecule has 3 aromatic rings. The van der Waals surface area contributed by atoms with Gasteiger partial charge in [0.2, 0.25) is 18.6 Å². The first kappa shape index (κ1) is 27.6. The van der Waals surface area contributed by atoms with E-state index < -0.39 is 5.41 Å². The molecule has 1 fully saturated rings. The third-order valence-corrected chi connectivity index (χ3v) is 8.68. The van der Waals surface area contributed by atoms with Crippen molar-refractivity contribution in [2.75, 3.05) is 37.1 Å². The van der Waals surface area contributed by atoms with Gasteiger partial charge in [-0.3, -0.25) is 14.5 Å². The number of nitrogens with one attached hydrogen (secondary N) is 1. The Morgan fingerprint density at radius 3 is 2.66 bits per heavy atom. The molecule has 6 rings (SSSR count). The highest BCUT2D eigenvalue weighted by Gasteiger charge is 2.40. The Hall–Kier alpha value is -3.57. The molecule has 2 unspecified atom stereocenters. The van der Waals surface area contributed by atoms with Gasteiger partial charge < -0.3 is 19.5 Å². The second-order valence-electron chi connectivity index (χ2n) is 11.4. The summed E-state index contributed by atoms with van der Waals surface area (Å²) >= 11 is 1.49. The Kier molecular flexibility index (Phi) is 7.41. The summed E-state index contributed by atoms with van der Waals surface area (Å²) in [5, 5.41) is 7.69. The molecule has 216 valence electrons. The van der Waals surface area contributed by atoms with Crippen LogP contribution in [0.5, 0.6) is 11.5 Å². The summed E-state index contributed by atoms with van der Waals surface area (Å²) in [6, 6.07) is 11.8. The lowest BCUT2D eigenvalue weighted by Crippen LogP contribution is -2.44. The van der Waals surface area contributed by atoms with Crippen molar-refractivity contribution in [2.24, 2.45) is 0 Å². The number of anilines is 1. The van der Waals surface area contributed by atoms with Gasteiger partial charge >= 0.3 is 0 Å². The third kappa shape index (κ3) is 5.52. The maximum Gasteiger partial charge on any atom is 0.240 e. The van der Waals surface area contributed by atoms with Crippen LogP contribution in [0.4, 0.5) is 10.2 Å². The molecular formula is C30H33FN4O5S. The molecule has 0 spiro atoms. The smallest absolute Gasteiger partial charge is 0.240 e. The number of carbonyl (C=O) groups is 2. The van der Waals surface area contributed by atoms with Crippen LogP contribution < -0.4 is 19.7 Å². The highest BCUT2D eigenvalue weighted by molar-refractivity contribution is 8.00. The molecule has 0 aliphatic carbocycles. The van der Waals surface area contributed by atoms with Crippen molar-refractivity contribution in [3.8, 4) is 17.2 Å². The monoisotopic (exact) mass is 580 g/mol. The molecule has 3 aliphatic rings. The zero-order chi connectivity index (χ0) is 28.7. The summed E-state index contributed by atoms with van der Waals surface area (Å²) in [7, 11) is 0. The first-order chi connectivity index (χ1) is 19.7. The number of thioether (sulfide) groups is 1. The Labute approximate surface area is 242 Å². The molecule has 3 aliphatic heterocycles. The van der Waals surface area contributed by atoms with Crippen LogP contribution in [0.3, 0.4) is 0 Å². The standard InChI is InChI=1S/C30H33FN4O5S/c1-30(2,3)28-26-27(18-6-11-22-23(13-18)40-17-39-22)41-16-25(37)34(15-24(36)32-14-21-5-4-12-38-21)29(26)35(33-28)20-9-7-19(31)8-10-20/h6-11,13,21,27H,4-5,12,14-17H2,1-3H3,(H,32,36). The molecule has 0 radical (unpaired) electrons. The van der Waals surface area contributed by atoms with E-state index in [2.05, 4.69) is 26.1 Å². The first-order valence-electron chi connectivity index (χ1n) is 13.8. The van der Waals surface area contributed by atoms with Gasteiger partial charge in [0.25, 0.3) is 0 Å². The Morgan fingerprint density at radius 2 is 1.93 bits per heavy atom. The van der Waals surface area contributed by atoms with Gasteiger partial charge in [-0.25, -0.2) is 9.07 Å². The van der Waals surface area contributed by atoms with Gasteiger partial charge in [-0.1, -0.05) is 26.8 Å². The summed E-state index contributed by atoms with van der Waals surface area (Å²) in [5.74, 6) is 1.11. The largest absolute Gasteiger partial charge is 0.454 e. The summed E-state index contributed by atoms with van der Waals surface area (Å²) in [4.78, 5) is 28.5. The van der Waals surface area contributed by atoms with Crippen molar-refractivity contribution in [2.45, 2.75) is 50.4 Å². The number of benzene rings is 2. The molecule has 41 heavy (non-hydrogen) atoms. The molecule has 11 heteroatoms. The van der Waals surface area contributed by atoms with Crippen LogP contribution >= 0.6 is 11.8 Å². The van der Waals surface area contributed by atoms with Gasteiger partial charge in [0, 0.05) is 24.1 Å². The van der Waals surface area contributed by atoms with Crippen LogP contribution in [0.1, 0.15) is 55.7 Å². The second-order valence-corrected chi connectivity index (χ2v) is 12.5. The first-order valence-corrected chi connectivity index (χ1v) is 14.8. The molecule has 2 amide bonds. The van der Waals surface area contributed by atoms with E-state index in [4.69, 9.17) is 19.3 Å². The zero-order valence-corrected chi connectivity index (χ0v) is 24.1. The maximum absolute atomic E-state index is 13.9. The number of halogens is 1. The lowest BCUT2D eigenvalue weighted by Gasteiger charge is -2.25. The number of rotatable bonds is 6. The molecular weight excluding hydrogens is 547 g/mol. The van der Waals surface area contributed by atoms with E-state index >= 15 is 0 Å². The van der Waals surface area contributed by atoms with Crippen molar-refractivity contribution in [3.05, 3.63) is 65.1 Å². The summed E-state index contributed by atoms with van der Waals surface area (Å²) < 4.78 is 32.5. The predicted octanol–water partition coefficient (Wildman–Crippen LogP) is 4.50. The molecule has 0 saturated carbocycles. The van der Waals surface area contributed by atoms with Crippen LogP contribution in [0, 0.1) is 5.82 Å². The van der Waals surface area contributed by atoms with Crippen molar-refractivity contribution in [1.29, 1.82) is 0 Å². The number of amides is 2. The van der Waals surface area contributed by atoms with Crippen LogP contribution in [-0.4, -0.2) is 59.9 Å². The fraction of sp³-hybridized carbons (Fsp3) is 0.433. The molecule has 4 heterocycles. The molecule has 0 bridgehead atoms. The van der Waals surface area contributed by atoms with Crippen molar-refractivity contribution in [1.82, 2.24) is 15.1 Å². The van der Waals surface area contributed by atoms with Crippen molar-refractivity contribution < 1.29 is 28.2 Å². The third-order valence-electron chi connectivity index (χ3n) is 7.42. The van der Waals surface area contributed by atoms with Crippen molar-refractivity contribution in [3.63, 3.8) is 0 Å². The minimum Gasteiger partial charge on any atom is -0.454 e. The molecule has 2 atom stereocenters. The van der Waals surface area contributed by atoms with Crippen LogP contribution in [0.15, 0.2) is 42.5 Å². The van der Waals surface area contributed by atoms with Crippen LogP contribution in [-0.2, 0) is 19.7 Å². The van der Waals surface area contributed by atoms with Gasteiger partial charge in [-0.15, -0.1) is 11.8 Å². The SMILES string of the molecule is CC(C)(C)c1nn(-c2ccc(F)cc2)c2c1C(c1ccc3c(c1)OCO3)SCC(=O)N2CC(=O)NCC1CCCO1. The number of nitrogens with zero attached hydrogens (tertiary/aromatic N) is 3. The number of hydrogen-bond acceptors (Lipinski definition) is 7. The average Bonchev–Trinajstić information content (AvgIpc) is 3.69. The molecule has 1 N–H and O–H groups in total. The second kappa shape index (κ2) is 11.0. The minimum atomic E-state index is -0.411. The quantitative estimate of drug-likeness (QED) is 0.459. The van der Waals surface area contributed by atoms with E-state index in [1.807, 2.05) is 18.2 Å². The summed E-state index contributed by atoms with van der Waals surface area (Å²) in [6.07, 6.45) is 1.85. The van der Waals surface area contributed by atoms with E-state index in [1.165, 1.54) is 28.8 Å². The number of carbonyl (C=O) groups excluding carboxylic acids is 2. The number of fused-ring (bicyclic) bond motifs is 2. The fourth-order valence-corrected chi connectivity index (χ4v) is 6.60. The summed E-state index contributed by atoms with van der Waals surface area (Å²) in [5.41, 5.74) is 2.73. The Bertz CT molecular complexity index is 1460. The molecule has 1 aromatic heterocycles. The lowest BCUT2D eigenvalue weighted by atomic mass is 9.87. The zero-order valence-electron chi connectivity index (χ0n) is 23.3. The predicted molar refractivity (Wildman–Crippen MR) is 153 cm³/mol. The minimum absolute atomic E-state index is 0.0162. The Morgan fingerprint density at radius 1 is 1.15 bits per heavy atom. The van der Waals surface area contributed by atoms with Gasteiger partial charge in [0.05, 0.1) is 28.5 Å². The number of ether oxygens (including phenoxy) is 3. The van der Waals surface area contributed by atoms with Gasteiger partial charge in [0.15, 0.2) is 11.5 Å². The fourth-order valence-electron chi connectivity index (χ4n) is 5.41. The van der Waals surface area contributed by atoms with E-state index in [0.717, 1.165) is 29.7 Å². The van der Waals surface area contributed by atoms with Gasteiger partial charge in [-0.05, 0) is 54.8 Å². The number of hydrogen-bond donors (Lipinski definition) is 1. The topological polar surface area (TPSA) is 94.9 Å². The molecule has 1 saturated heterocycles. The summed E-state index contributed by atoms with van der Waals surface area (Å²) in [6.45, 7) is 7.27. The van der Waals surface area contributed by atoms with E-state index in [0.29, 0.717) is 36.2 Å². The lowest BCUT2D eigenvalue weighted by molar-refractivity contribution is -0.123. The van der Waals surface area contributed by atoms with Crippen molar-refractivity contribution >= 4 is 29.4 Å². The highest BCUT2D eigenvalue weighted by Crippen LogP contribution is 2.49. The van der Waals surface area contributed by atoms with Crippen LogP contribution in [0.2, 0.25) is 0 Å². The maximum atomic E-state index is 13.9. The van der Waals surface area contributed by atoms with Crippen LogP contribution in [0.25, 0.3) is 5.69 Å². The normalized spacial score (nSPS) is 20.2. The Balaban J connectivity index is 1.48. The number of aromatic nitrogens is 2. The van der Waals surface area contributed by atoms with E-state index in [9.17, 15) is 14.0 Å².